The Hall–Kier alpha value is -3.52. The lowest BCUT2D eigenvalue weighted by atomic mass is 9.79. The molecule has 3 atom stereocenters. The third-order valence-corrected chi connectivity index (χ3v) is 6.19. The number of nitrogens with zero attached hydrogens (tertiary/aromatic N) is 5. The first-order valence-electron chi connectivity index (χ1n) is 10.6. The summed E-state index contributed by atoms with van der Waals surface area (Å²) in [6.45, 7) is 2.57. The summed E-state index contributed by atoms with van der Waals surface area (Å²) in [5.41, 5.74) is -2.62. The fraction of sp³-hybridized carbons (Fsp3) is 0.364. The van der Waals surface area contributed by atoms with Gasteiger partial charge < -0.3 is 14.9 Å². The lowest BCUT2D eigenvalue weighted by molar-refractivity contribution is -0.753. The zero-order chi connectivity index (χ0) is 26.5. The number of aliphatic hydroxyl groups is 1. The Kier molecular flexibility index (Phi) is 8.63. The van der Waals surface area contributed by atoms with E-state index in [1.54, 1.807) is 0 Å². The first-order chi connectivity index (χ1) is 17.0. The van der Waals surface area contributed by atoms with Gasteiger partial charge >= 0.3 is 11.3 Å². The zero-order valence-corrected chi connectivity index (χ0v) is 20.0. The van der Waals surface area contributed by atoms with Crippen LogP contribution < -0.4 is 4.57 Å². The molecule has 10 nitrogen and oxygen atoms in total. The number of carboxylic acids is 1. The van der Waals surface area contributed by atoms with E-state index in [1.165, 1.54) is 35.8 Å². The Balaban J connectivity index is 1.86. The molecule has 0 aliphatic heterocycles. The maximum absolute atomic E-state index is 14.8. The summed E-state index contributed by atoms with van der Waals surface area (Å²) >= 11 is 0.705. The van der Waals surface area contributed by atoms with Crippen LogP contribution in [0.4, 0.5) is 18.0 Å². The molecule has 1 aromatic carbocycles. The van der Waals surface area contributed by atoms with Crippen LogP contribution in [0.5, 0.6) is 0 Å². The summed E-state index contributed by atoms with van der Waals surface area (Å²) in [5, 5.41) is 23.8. The number of hydrogen-bond acceptors (Lipinski definition) is 8. The minimum atomic E-state index is -2.14. The number of rotatable bonds is 10. The summed E-state index contributed by atoms with van der Waals surface area (Å²) in [4.78, 5) is 30.0. The average Bonchev–Trinajstić information content (AvgIpc) is 3.27. The van der Waals surface area contributed by atoms with E-state index < -0.39 is 53.0 Å². The molecule has 0 aliphatic carbocycles. The number of hydrogen-bond donors (Lipinski definition) is 2. The first kappa shape index (κ1) is 27.1. The van der Waals surface area contributed by atoms with Gasteiger partial charge in [-0.05, 0) is 17.8 Å². The second-order valence-electron chi connectivity index (χ2n) is 7.88. The molecule has 192 valence electrons. The van der Waals surface area contributed by atoms with E-state index in [1.807, 2.05) is 0 Å². The third-order valence-electron chi connectivity index (χ3n) is 5.45. The molecular formula is C22H23F3N5O5S+. The number of thioether (sulfide) groups is 1. The molecule has 2 aromatic heterocycles. The van der Waals surface area contributed by atoms with Crippen LogP contribution in [0.1, 0.15) is 43.7 Å². The number of carboxylic acid groups (broad SMARTS) is 1. The molecule has 2 heterocycles. The van der Waals surface area contributed by atoms with E-state index in [0.29, 0.717) is 17.8 Å². The largest absolute Gasteiger partial charge is 0.481 e. The quantitative estimate of drug-likeness (QED) is 0.302. The van der Waals surface area contributed by atoms with E-state index in [0.717, 1.165) is 24.7 Å². The molecular weight excluding hydrogens is 503 g/mol. The third kappa shape index (κ3) is 6.37. The van der Waals surface area contributed by atoms with Crippen molar-refractivity contribution in [1.29, 1.82) is 0 Å². The van der Waals surface area contributed by atoms with Crippen LogP contribution in [0.15, 0.2) is 43.4 Å². The SMILES string of the molecule is CC(OC(=O)SCCC(=O)O)[n+]1cnn(C[C@](O)(c2ccc(F)cc2F)[C@@H](C)c2ncncc2F)c1. The van der Waals surface area contributed by atoms with Gasteiger partial charge in [-0.1, -0.05) is 13.0 Å². The van der Waals surface area contributed by atoms with Crippen molar-refractivity contribution in [2.75, 3.05) is 5.75 Å². The Morgan fingerprint density at radius 2 is 2.00 bits per heavy atom. The molecule has 0 radical (unpaired) electrons. The number of benzene rings is 1. The molecule has 0 saturated heterocycles. The topological polar surface area (TPSA) is 131 Å². The minimum absolute atomic E-state index is 0.0402. The number of aliphatic carboxylic acids is 1. The maximum atomic E-state index is 14.8. The van der Waals surface area contributed by atoms with Crippen molar-refractivity contribution in [3.05, 3.63) is 72.1 Å². The van der Waals surface area contributed by atoms with Crippen LogP contribution in [0.3, 0.4) is 0 Å². The van der Waals surface area contributed by atoms with Gasteiger partial charge in [-0.2, -0.15) is 4.57 Å². The Morgan fingerprint density at radius 1 is 1.25 bits per heavy atom. The lowest BCUT2D eigenvalue weighted by Crippen LogP contribution is -2.40. The van der Waals surface area contributed by atoms with Crippen molar-refractivity contribution >= 4 is 23.0 Å². The van der Waals surface area contributed by atoms with Crippen molar-refractivity contribution in [2.45, 2.75) is 44.6 Å². The van der Waals surface area contributed by atoms with Crippen molar-refractivity contribution in [1.82, 2.24) is 19.7 Å². The summed E-state index contributed by atoms with van der Waals surface area (Å²) < 4.78 is 50.6. The van der Waals surface area contributed by atoms with Crippen LogP contribution in [-0.2, 0) is 21.7 Å². The zero-order valence-electron chi connectivity index (χ0n) is 19.2. The van der Waals surface area contributed by atoms with Crippen molar-refractivity contribution in [3.63, 3.8) is 0 Å². The number of aromatic nitrogens is 5. The number of halogens is 3. The molecule has 2 N–H and O–H groups in total. The first-order valence-corrected chi connectivity index (χ1v) is 11.6. The molecule has 3 aromatic rings. The molecule has 0 aliphatic rings. The van der Waals surface area contributed by atoms with Gasteiger partial charge in [-0.25, -0.2) is 27.9 Å². The lowest BCUT2D eigenvalue weighted by Gasteiger charge is -2.32. The average molecular weight is 527 g/mol. The highest BCUT2D eigenvalue weighted by Crippen LogP contribution is 2.39. The molecule has 0 amide bonds. The monoisotopic (exact) mass is 526 g/mol. The van der Waals surface area contributed by atoms with Gasteiger partial charge in [0, 0.05) is 35.3 Å². The minimum Gasteiger partial charge on any atom is -0.481 e. The maximum Gasteiger partial charge on any atom is 0.370 e. The summed E-state index contributed by atoms with van der Waals surface area (Å²) in [5.74, 6) is -4.84. The van der Waals surface area contributed by atoms with Crippen molar-refractivity contribution < 1.29 is 42.3 Å². The highest BCUT2D eigenvalue weighted by atomic mass is 32.2. The van der Waals surface area contributed by atoms with Gasteiger partial charge in [0.2, 0.25) is 12.6 Å². The summed E-state index contributed by atoms with van der Waals surface area (Å²) in [6, 6.07) is 2.64. The second kappa shape index (κ2) is 11.5. The van der Waals surface area contributed by atoms with Crippen LogP contribution in [0, 0.1) is 17.5 Å². The van der Waals surface area contributed by atoms with Gasteiger partial charge in [0.1, 0.15) is 30.1 Å². The van der Waals surface area contributed by atoms with E-state index in [-0.39, 0.29) is 23.4 Å². The van der Waals surface area contributed by atoms with E-state index >= 15 is 0 Å². The Morgan fingerprint density at radius 3 is 2.67 bits per heavy atom. The Labute approximate surface area is 207 Å². The van der Waals surface area contributed by atoms with Crippen molar-refractivity contribution in [3.8, 4) is 0 Å². The van der Waals surface area contributed by atoms with Gasteiger partial charge in [0.25, 0.3) is 6.33 Å². The molecule has 0 bridgehead atoms. The van der Waals surface area contributed by atoms with Gasteiger partial charge in [-0.15, -0.1) is 4.68 Å². The number of carbonyl (C=O) groups excluding carboxylic acids is 1. The van der Waals surface area contributed by atoms with Gasteiger partial charge in [0.05, 0.1) is 18.3 Å². The summed E-state index contributed by atoms with van der Waals surface area (Å²) in [6.07, 6.45) is 3.60. The highest BCUT2D eigenvalue weighted by molar-refractivity contribution is 8.13. The molecule has 0 spiro atoms. The van der Waals surface area contributed by atoms with Gasteiger partial charge in [0.15, 0.2) is 5.82 Å². The number of ether oxygens (including phenoxy) is 1. The van der Waals surface area contributed by atoms with Crippen molar-refractivity contribution in [2.24, 2.45) is 0 Å². The normalized spacial score (nSPS) is 14.6. The van der Waals surface area contributed by atoms with E-state index in [9.17, 15) is 27.9 Å². The molecule has 1 unspecified atom stereocenters. The molecule has 0 saturated carbocycles. The smallest absolute Gasteiger partial charge is 0.370 e. The van der Waals surface area contributed by atoms with Crippen LogP contribution in [-0.4, -0.2) is 47.0 Å². The number of carbonyl (C=O) groups is 2. The van der Waals surface area contributed by atoms with Crippen LogP contribution >= 0.6 is 11.8 Å². The molecule has 14 heteroatoms. The fourth-order valence-electron chi connectivity index (χ4n) is 3.47. The predicted molar refractivity (Wildman–Crippen MR) is 119 cm³/mol. The predicted octanol–water partition coefficient (Wildman–Crippen LogP) is 2.93. The standard InChI is InChI=1S/C22H22F3N5O5S/c1-13(20-18(25)8-26-10-27-20)22(34,16-4-3-15(23)7-17(16)24)9-30-12-29(11-28-30)14(2)35-21(33)36-6-5-19(31)32/h3-4,7-8,10-14,34H,5-6,9H2,1-2H3/p+1/t13-,14?,22+/m0/s1. The molecule has 0 fully saturated rings. The molecule has 3 rings (SSSR count). The highest BCUT2D eigenvalue weighted by Gasteiger charge is 2.43. The van der Waals surface area contributed by atoms with Gasteiger partial charge in [-0.3, -0.25) is 4.79 Å². The Bertz CT molecular complexity index is 1250. The van der Waals surface area contributed by atoms with Crippen LogP contribution in [0.2, 0.25) is 0 Å². The summed E-state index contributed by atoms with van der Waals surface area (Å²) in [7, 11) is 0. The van der Waals surface area contributed by atoms with E-state index in [2.05, 4.69) is 15.1 Å². The fourth-order valence-corrected chi connectivity index (χ4v) is 4.13. The van der Waals surface area contributed by atoms with E-state index in [4.69, 9.17) is 9.84 Å². The molecule has 36 heavy (non-hydrogen) atoms. The second-order valence-corrected chi connectivity index (χ2v) is 8.91. The van der Waals surface area contributed by atoms with Crippen LogP contribution in [0.25, 0.3) is 0 Å².